The number of carboxylic acid groups (broad SMARTS) is 1. The first-order valence-electron chi connectivity index (χ1n) is 6.47. The third-order valence-electron chi connectivity index (χ3n) is 2.97. The summed E-state index contributed by atoms with van der Waals surface area (Å²) in [6.45, 7) is 4.66. The van der Waals surface area contributed by atoms with E-state index < -0.39 is 23.7 Å². The maximum Gasteiger partial charge on any atom is 0.350 e. The fourth-order valence-electron chi connectivity index (χ4n) is 1.84. The number of nitrogens with one attached hydrogen (secondary N) is 1. The second-order valence-electron chi connectivity index (χ2n) is 5.22. The molecule has 2 N–H and O–H groups in total. The van der Waals surface area contributed by atoms with Crippen molar-refractivity contribution >= 4 is 23.6 Å². The Morgan fingerprint density at radius 1 is 1.23 bits per heavy atom. The van der Waals surface area contributed by atoms with Gasteiger partial charge in [0.15, 0.2) is 5.57 Å². The highest BCUT2D eigenvalue weighted by Gasteiger charge is 2.38. The van der Waals surface area contributed by atoms with Crippen molar-refractivity contribution in [3.8, 4) is 0 Å². The Kier molecular flexibility index (Phi) is 3.90. The lowest BCUT2D eigenvalue weighted by Gasteiger charge is -2.29. The summed E-state index contributed by atoms with van der Waals surface area (Å²) in [5.74, 6) is -3.99. The molecule has 1 fully saturated rings. The molecule has 0 unspecified atom stereocenters. The number of rotatable bonds is 3. The summed E-state index contributed by atoms with van der Waals surface area (Å²) in [4.78, 5) is 34.5. The highest BCUT2D eigenvalue weighted by molar-refractivity contribution is 6.15. The van der Waals surface area contributed by atoms with Crippen LogP contribution in [0.15, 0.2) is 30.0 Å². The fraction of sp³-hybridized carbons (Fsp3) is 0.267. The predicted octanol–water partition coefficient (Wildman–Crippen LogP) is 1.83. The van der Waals surface area contributed by atoms with E-state index in [1.54, 1.807) is 13.0 Å². The van der Waals surface area contributed by atoms with Crippen LogP contribution in [0.25, 0.3) is 0 Å². The minimum absolute atomic E-state index is 0.0847. The van der Waals surface area contributed by atoms with Crippen LogP contribution in [-0.4, -0.2) is 28.8 Å². The molecule has 0 amide bonds. The number of benzene rings is 1. The van der Waals surface area contributed by atoms with Gasteiger partial charge in [-0.25, -0.2) is 14.4 Å². The highest BCUT2D eigenvalue weighted by atomic mass is 16.7. The van der Waals surface area contributed by atoms with E-state index in [2.05, 4.69) is 5.32 Å². The molecular formula is C15H15NO6. The van der Waals surface area contributed by atoms with Crippen LogP contribution >= 0.6 is 0 Å². The van der Waals surface area contributed by atoms with Crippen molar-refractivity contribution in [1.82, 2.24) is 0 Å². The standard InChI is InChI=1S/C15H15NO6/c1-8-4-5-9(12(17)18)6-11(8)16-7-10-13(19)21-15(2,3)22-14(10)20/h4-7,16H,1-3H3,(H,17,18). The molecule has 1 aliphatic rings. The van der Waals surface area contributed by atoms with Gasteiger partial charge in [0.05, 0.1) is 5.56 Å². The van der Waals surface area contributed by atoms with Gasteiger partial charge in [-0.3, -0.25) is 0 Å². The number of aryl methyl sites for hydroxylation is 1. The van der Waals surface area contributed by atoms with Crippen LogP contribution in [0.4, 0.5) is 5.69 Å². The van der Waals surface area contributed by atoms with Gasteiger partial charge in [-0.1, -0.05) is 6.07 Å². The summed E-state index contributed by atoms with van der Waals surface area (Å²) >= 11 is 0. The third kappa shape index (κ3) is 3.25. The van der Waals surface area contributed by atoms with E-state index in [-0.39, 0.29) is 11.1 Å². The van der Waals surface area contributed by atoms with Crippen LogP contribution in [0.2, 0.25) is 0 Å². The molecule has 0 saturated carbocycles. The Morgan fingerprint density at radius 3 is 2.36 bits per heavy atom. The summed E-state index contributed by atoms with van der Waals surface area (Å²) in [5.41, 5.74) is 0.999. The molecular weight excluding hydrogens is 290 g/mol. The van der Waals surface area contributed by atoms with Crippen molar-refractivity contribution in [2.24, 2.45) is 0 Å². The number of carbonyl (C=O) groups is 3. The zero-order valence-electron chi connectivity index (χ0n) is 12.3. The zero-order valence-corrected chi connectivity index (χ0v) is 12.3. The van der Waals surface area contributed by atoms with Crippen LogP contribution in [0.1, 0.15) is 29.8 Å². The number of ether oxygens (including phenoxy) is 2. The van der Waals surface area contributed by atoms with Crippen LogP contribution < -0.4 is 5.32 Å². The number of aromatic carboxylic acids is 1. The minimum Gasteiger partial charge on any atom is -0.478 e. The van der Waals surface area contributed by atoms with E-state index in [0.29, 0.717) is 5.69 Å². The molecule has 22 heavy (non-hydrogen) atoms. The molecule has 0 spiro atoms. The second-order valence-corrected chi connectivity index (χ2v) is 5.22. The van der Waals surface area contributed by atoms with Crippen LogP contribution in [0.3, 0.4) is 0 Å². The first-order chi connectivity index (χ1) is 10.2. The smallest absolute Gasteiger partial charge is 0.350 e. The first kappa shape index (κ1) is 15.6. The molecule has 1 heterocycles. The fourth-order valence-corrected chi connectivity index (χ4v) is 1.84. The lowest BCUT2D eigenvalue weighted by Crippen LogP contribution is -2.42. The topological polar surface area (TPSA) is 102 Å². The lowest BCUT2D eigenvalue weighted by atomic mass is 10.1. The van der Waals surface area contributed by atoms with Gasteiger partial charge in [0, 0.05) is 25.7 Å². The summed E-state index contributed by atoms with van der Waals surface area (Å²) in [6, 6.07) is 4.48. The van der Waals surface area contributed by atoms with Gasteiger partial charge in [0.25, 0.3) is 5.79 Å². The van der Waals surface area contributed by atoms with Gasteiger partial charge in [-0.15, -0.1) is 0 Å². The molecule has 2 rings (SSSR count). The van der Waals surface area contributed by atoms with Gasteiger partial charge < -0.3 is 19.9 Å². The molecule has 116 valence electrons. The number of hydrogen-bond donors (Lipinski definition) is 2. The SMILES string of the molecule is Cc1ccc(C(=O)O)cc1NC=C1C(=O)OC(C)(C)OC1=O. The molecule has 0 radical (unpaired) electrons. The summed E-state index contributed by atoms with van der Waals surface area (Å²) < 4.78 is 9.91. The minimum atomic E-state index is -1.30. The average molecular weight is 305 g/mol. The predicted molar refractivity (Wildman–Crippen MR) is 76.1 cm³/mol. The maximum atomic E-state index is 11.8. The maximum absolute atomic E-state index is 11.8. The molecule has 1 saturated heterocycles. The van der Waals surface area contributed by atoms with E-state index in [1.165, 1.54) is 26.0 Å². The molecule has 0 aromatic heterocycles. The quantitative estimate of drug-likeness (QED) is 0.499. The Bertz CT molecular complexity index is 667. The van der Waals surface area contributed by atoms with E-state index >= 15 is 0 Å². The Morgan fingerprint density at radius 2 is 1.82 bits per heavy atom. The molecule has 0 bridgehead atoms. The second kappa shape index (κ2) is 5.51. The third-order valence-corrected chi connectivity index (χ3v) is 2.97. The summed E-state index contributed by atoms with van der Waals surface area (Å²) in [5, 5.41) is 11.7. The van der Waals surface area contributed by atoms with Crippen LogP contribution in [0.5, 0.6) is 0 Å². The number of hydrogen-bond acceptors (Lipinski definition) is 6. The number of anilines is 1. The normalized spacial score (nSPS) is 16.6. The highest BCUT2D eigenvalue weighted by Crippen LogP contribution is 2.23. The van der Waals surface area contributed by atoms with Gasteiger partial charge >= 0.3 is 17.9 Å². The van der Waals surface area contributed by atoms with Crippen molar-refractivity contribution in [3.63, 3.8) is 0 Å². The molecule has 1 aliphatic heterocycles. The Balaban J connectivity index is 2.25. The Labute approximate surface area is 126 Å². The van der Waals surface area contributed by atoms with E-state index in [1.807, 2.05) is 0 Å². The molecule has 1 aromatic rings. The number of carbonyl (C=O) groups excluding carboxylic acids is 2. The van der Waals surface area contributed by atoms with Crippen LogP contribution in [0, 0.1) is 6.92 Å². The van der Waals surface area contributed by atoms with Crippen molar-refractivity contribution in [2.75, 3.05) is 5.32 Å². The van der Waals surface area contributed by atoms with Gasteiger partial charge in [0.1, 0.15) is 0 Å². The zero-order chi connectivity index (χ0) is 16.5. The molecule has 1 aromatic carbocycles. The molecule has 0 aliphatic carbocycles. The first-order valence-corrected chi connectivity index (χ1v) is 6.47. The van der Waals surface area contributed by atoms with Crippen molar-refractivity contribution < 1.29 is 29.0 Å². The number of esters is 2. The Hall–Kier alpha value is -2.83. The van der Waals surface area contributed by atoms with Crippen molar-refractivity contribution in [1.29, 1.82) is 0 Å². The van der Waals surface area contributed by atoms with Gasteiger partial charge in [-0.2, -0.15) is 0 Å². The van der Waals surface area contributed by atoms with Gasteiger partial charge in [-0.05, 0) is 24.6 Å². The average Bonchev–Trinajstić information content (AvgIpc) is 2.38. The van der Waals surface area contributed by atoms with Crippen molar-refractivity contribution in [3.05, 3.63) is 41.1 Å². The largest absolute Gasteiger partial charge is 0.478 e. The van der Waals surface area contributed by atoms with Gasteiger partial charge in [0.2, 0.25) is 0 Å². The molecule has 0 atom stereocenters. The van der Waals surface area contributed by atoms with E-state index in [9.17, 15) is 14.4 Å². The molecule has 7 heteroatoms. The van der Waals surface area contributed by atoms with Crippen LogP contribution in [-0.2, 0) is 19.1 Å². The lowest BCUT2D eigenvalue weighted by molar-refractivity contribution is -0.222. The monoisotopic (exact) mass is 305 g/mol. The van der Waals surface area contributed by atoms with E-state index in [0.717, 1.165) is 11.8 Å². The van der Waals surface area contributed by atoms with E-state index in [4.69, 9.17) is 14.6 Å². The molecule has 7 nitrogen and oxygen atoms in total. The number of carboxylic acids is 1. The van der Waals surface area contributed by atoms with Crippen molar-refractivity contribution in [2.45, 2.75) is 26.6 Å². The summed E-state index contributed by atoms with van der Waals surface area (Å²) in [6.07, 6.45) is 1.15. The number of cyclic esters (lactones) is 2. The summed E-state index contributed by atoms with van der Waals surface area (Å²) in [7, 11) is 0.